The Labute approximate surface area is 194 Å². The molecule has 4 nitrogen and oxygen atoms in total. The van der Waals surface area contributed by atoms with Crippen LogP contribution < -0.4 is 10.2 Å². The average molecular weight is 445 g/mol. The van der Waals surface area contributed by atoms with Crippen LogP contribution in [0.15, 0.2) is 78.9 Å². The van der Waals surface area contributed by atoms with E-state index in [0.29, 0.717) is 18.1 Å². The SMILES string of the molecule is CC(C)c1ccccc1N1C(=O)CSC1c1ccc(NC(=O)CCc2ccccc2)cc1. The van der Waals surface area contributed by atoms with Gasteiger partial charge in [0, 0.05) is 17.8 Å². The van der Waals surface area contributed by atoms with Crippen LogP contribution in [0.3, 0.4) is 0 Å². The highest BCUT2D eigenvalue weighted by Crippen LogP contribution is 2.44. The third kappa shape index (κ3) is 5.05. The number of amides is 2. The lowest BCUT2D eigenvalue weighted by Gasteiger charge is -2.27. The smallest absolute Gasteiger partial charge is 0.238 e. The van der Waals surface area contributed by atoms with Crippen LogP contribution >= 0.6 is 11.8 Å². The summed E-state index contributed by atoms with van der Waals surface area (Å²) in [4.78, 5) is 27.0. The monoisotopic (exact) mass is 444 g/mol. The van der Waals surface area contributed by atoms with Gasteiger partial charge in [-0.3, -0.25) is 14.5 Å². The van der Waals surface area contributed by atoms with E-state index in [1.807, 2.05) is 77.7 Å². The summed E-state index contributed by atoms with van der Waals surface area (Å²) in [7, 11) is 0. The van der Waals surface area contributed by atoms with E-state index in [-0.39, 0.29) is 17.2 Å². The van der Waals surface area contributed by atoms with Crippen molar-refractivity contribution in [1.29, 1.82) is 0 Å². The highest BCUT2D eigenvalue weighted by Gasteiger charge is 2.35. The van der Waals surface area contributed by atoms with E-state index in [2.05, 4.69) is 25.2 Å². The van der Waals surface area contributed by atoms with Crippen LogP contribution in [0, 0.1) is 0 Å². The molecule has 1 unspecified atom stereocenters. The fourth-order valence-corrected chi connectivity index (χ4v) is 5.15. The number of hydrogen-bond donors (Lipinski definition) is 1. The molecule has 1 atom stereocenters. The molecular weight excluding hydrogens is 416 g/mol. The minimum Gasteiger partial charge on any atom is -0.326 e. The molecule has 1 fully saturated rings. The van der Waals surface area contributed by atoms with Crippen LogP contribution in [-0.4, -0.2) is 17.6 Å². The number of hydrogen-bond acceptors (Lipinski definition) is 3. The van der Waals surface area contributed by atoms with Gasteiger partial charge in [-0.05, 0) is 47.2 Å². The molecule has 1 N–H and O–H groups in total. The molecule has 0 aromatic heterocycles. The summed E-state index contributed by atoms with van der Waals surface area (Å²) in [6.07, 6.45) is 1.16. The molecule has 4 rings (SSSR count). The molecule has 1 aliphatic heterocycles. The predicted molar refractivity (Wildman–Crippen MR) is 133 cm³/mol. The van der Waals surface area contributed by atoms with Crippen LogP contribution in [0.25, 0.3) is 0 Å². The van der Waals surface area contributed by atoms with Gasteiger partial charge in [0.15, 0.2) is 0 Å². The second-order valence-corrected chi connectivity index (χ2v) is 9.36. The number of rotatable bonds is 7. The Morgan fingerprint density at radius 2 is 1.69 bits per heavy atom. The summed E-state index contributed by atoms with van der Waals surface area (Å²) in [5, 5.41) is 2.91. The molecule has 0 saturated carbocycles. The van der Waals surface area contributed by atoms with Crippen molar-refractivity contribution < 1.29 is 9.59 Å². The predicted octanol–water partition coefficient (Wildman–Crippen LogP) is 6.16. The van der Waals surface area contributed by atoms with E-state index in [4.69, 9.17) is 0 Å². The largest absolute Gasteiger partial charge is 0.326 e. The molecule has 5 heteroatoms. The number of para-hydroxylation sites is 1. The summed E-state index contributed by atoms with van der Waals surface area (Å²) in [6.45, 7) is 4.30. The molecular formula is C27H28N2O2S. The Morgan fingerprint density at radius 3 is 2.41 bits per heavy atom. The molecule has 0 bridgehead atoms. The molecule has 1 heterocycles. The molecule has 0 aliphatic carbocycles. The second kappa shape index (κ2) is 10.0. The molecule has 3 aromatic rings. The van der Waals surface area contributed by atoms with Crippen molar-refractivity contribution in [1.82, 2.24) is 0 Å². The topological polar surface area (TPSA) is 49.4 Å². The van der Waals surface area contributed by atoms with Gasteiger partial charge in [-0.15, -0.1) is 11.8 Å². The number of benzene rings is 3. The maximum atomic E-state index is 12.8. The highest BCUT2D eigenvalue weighted by molar-refractivity contribution is 8.00. The van der Waals surface area contributed by atoms with Gasteiger partial charge in [-0.2, -0.15) is 0 Å². The third-order valence-corrected chi connectivity index (χ3v) is 6.86. The Bertz CT molecular complexity index is 1080. The van der Waals surface area contributed by atoms with E-state index < -0.39 is 0 Å². The van der Waals surface area contributed by atoms with Gasteiger partial charge in [-0.1, -0.05) is 74.5 Å². The average Bonchev–Trinajstić information content (AvgIpc) is 3.20. The van der Waals surface area contributed by atoms with E-state index in [1.54, 1.807) is 11.8 Å². The standard InChI is InChI=1S/C27H28N2O2S/c1-19(2)23-10-6-7-11-24(23)29-26(31)18-32-27(29)21-13-15-22(16-14-21)28-25(30)17-12-20-8-4-3-5-9-20/h3-11,13-16,19,27H,12,17-18H2,1-2H3,(H,28,30). The number of thioether (sulfide) groups is 1. The van der Waals surface area contributed by atoms with E-state index in [9.17, 15) is 9.59 Å². The second-order valence-electron chi connectivity index (χ2n) is 8.30. The van der Waals surface area contributed by atoms with Crippen molar-refractivity contribution in [2.75, 3.05) is 16.0 Å². The summed E-state index contributed by atoms with van der Waals surface area (Å²) < 4.78 is 0. The van der Waals surface area contributed by atoms with E-state index in [1.165, 1.54) is 5.56 Å². The van der Waals surface area contributed by atoms with Crippen LogP contribution in [0.2, 0.25) is 0 Å². The first-order chi connectivity index (χ1) is 15.5. The number of carbonyl (C=O) groups is 2. The molecule has 164 valence electrons. The van der Waals surface area contributed by atoms with Crippen molar-refractivity contribution in [2.24, 2.45) is 0 Å². The van der Waals surface area contributed by atoms with Gasteiger partial charge in [0.2, 0.25) is 11.8 Å². The molecule has 32 heavy (non-hydrogen) atoms. The molecule has 0 spiro atoms. The molecule has 3 aromatic carbocycles. The van der Waals surface area contributed by atoms with Gasteiger partial charge >= 0.3 is 0 Å². The number of nitrogens with one attached hydrogen (secondary N) is 1. The maximum absolute atomic E-state index is 12.8. The van der Waals surface area contributed by atoms with Gasteiger partial charge in [0.05, 0.1) is 5.75 Å². The number of carbonyl (C=O) groups excluding carboxylic acids is 2. The van der Waals surface area contributed by atoms with Crippen LogP contribution in [0.1, 0.15) is 48.3 Å². The van der Waals surface area contributed by atoms with Crippen molar-refractivity contribution in [2.45, 2.75) is 38.0 Å². The molecule has 1 aliphatic rings. The van der Waals surface area contributed by atoms with Crippen molar-refractivity contribution in [3.8, 4) is 0 Å². The summed E-state index contributed by atoms with van der Waals surface area (Å²) in [5.41, 5.74) is 5.15. The Morgan fingerprint density at radius 1 is 1.00 bits per heavy atom. The third-order valence-electron chi connectivity index (χ3n) is 5.65. The normalized spacial score (nSPS) is 15.9. The molecule has 2 amide bonds. The van der Waals surface area contributed by atoms with Gasteiger partial charge in [0.25, 0.3) is 0 Å². The van der Waals surface area contributed by atoms with Crippen molar-refractivity contribution in [3.63, 3.8) is 0 Å². The summed E-state index contributed by atoms with van der Waals surface area (Å²) >= 11 is 1.64. The maximum Gasteiger partial charge on any atom is 0.238 e. The zero-order valence-corrected chi connectivity index (χ0v) is 19.3. The lowest BCUT2D eigenvalue weighted by Crippen LogP contribution is -2.29. The zero-order chi connectivity index (χ0) is 22.5. The van der Waals surface area contributed by atoms with E-state index >= 15 is 0 Å². The lowest BCUT2D eigenvalue weighted by atomic mass is 10.00. The Hall–Kier alpha value is -3.05. The summed E-state index contributed by atoms with van der Waals surface area (Å²) in [6, 6.07) is 26.0. The van der Waals surface area contributed by atoms with Gasteiger partial charge in [0.1, 0.15) is 5.37 Å². The van der Waals surface area contributed by atoms with Crippen molar-refractivity contribution >= 4 is 35.0 Å². The number of nitrogens with zero attached hydrogens (tertiary/aromatic N) is 1. The van der Waals surface area contributed by atoms with Crippen molar-refractivity contribution in [3.05, 3.63) is 95.6 Å². The fraction of sp³-hybridized carbons (Fsp3) is 0.259. The van der Waals surface area contributed by atoms with Crippen LogP contribution in [0.5, 0.6) is 0 Å². The lowest BCUT2D eigenvalue weighted by molar-refractivity contribution is -0.116. The minimum atomic E-state index is -0.0646. The molecule has 1 saturated heterocycles. The number of anilines is 2. The van der Waals surface area contributed by atoms with Gasteiger partial charge < -0.3 is 5.32 Å². The first-order valence-electron chi connectivity index (χ1n) is 11.0. The highest BCUT2D eigenvalue weighted by atomic mass is 32.2. The first kappa shape index (κ1) is 22.2. The fourth-order valence-electron chi connectivity index (χ4n) is 3.98. The molecule has 0 radical (unpaired) electrons. The quantitative estimate of drug-likeness (QED) is 0.475. The van der Waals surface area contributed by atoms with Crippen LogP contribution in [0.4, 0.5) is 11.4 Å². The Kier molecular flexibility index (Phi) is 6.96. The Balaban J connectivity index is 1.45. The zero-order valence-electron chi connectivity index (χ0n) is 18.5. The minimum absolute atomic E-state index is 0.000454. The van der Waals surface area contributed by atoms with Gasteiger partial charge in [-0.25, -0.2) is 0 Å². The summed E-state index contributed by atoms with van der Waals surface area (Å²) in [5.74, 6) is 0.930. The van der Waals surface area contributed by atoms with Crippen LogP contribution in [-0.2, 0) is 16.0 Å². The first-order valence-corrected chi connectivity index (χ1v) is 12.0. The van der Waals surface area contributed by atoms with E-state index in [0.717, 1.165) is 28.9 Å². The number of aryl methyl sites for hydroxylation is 1.